The fraction of sp³-hybridized carbons (Fsp3) is 0.375. The molecule has 0 saturated heterocycles. The van der Waals surface area contributed by atoms with E-state index in [9.17, 15) is 5.11 Å². The minimum Gasteiger partial charge on any atom is -0.465 e. The Labute approximate surface area is 128 Å². The first-order valence-corrected chi connectivity index (χ1v) is 7.30. The minimum atomic E-state index is -0.904. The van der Waals surface area contributed by atoms with E-state index in [1.54, 1.807) is 13.8 Å². The number of nitrogens with zero attached hydrogens (tertiary/aromatic N) is 3. The van der Waals surface area contributed by atoms with E-state index < -0.39 is 5.60 Å². The number of para-hydroxylation sites is 1. The van der Waals surface area contributed by atoms with Gasteiger partial charge in [-0.1, -0.05) is 18.2 Å². The molecule has 0 radical (unpaired) electrons. The highest BCUT2D eigenvalue weighted by Gasteiger charge is 2.23. The van der Waals surface area contributed by atoms with Crippen LogP contribution in [-0.2, 0) is 6.54 Å². The molecule has 3 rings (SSSR count). The first kappa shape index (κ1) is 14.6. The van der Waals surface area contributed by atoms with Crippen LogP contribution in [0, 0.1) is 0 Å². The first-order chi connectivity index (χ1) is 10.4. The summed E-state index contributed by atoms with van der Waals surface area (Å²) in [6.07, 6.45) is 0. The van der Waals surface area contributed by atoms with Crippen LogP contribution in [0.3, 0.4) is 0 Å². The molecule has 116 valence electrons. The maximum atomic E-state index is 10.2. The molecular weight excluding hydrogens is 280 g/mol. The Bertz CT molecular complexity index is 833. The number of aromatic nitrogens is 3. The number of hydrogen-bond acceptors (Lipinski definition) is 5. The van der Waals surface area contributed by atoms with E-state index in [1.165, 1.54) is 0 Å². The van der Waals surface area contributed by atoms with E-state index in [4.69, 9.17) is 10.5 Å². The molecule has 0 aliphatic carbocycles. The van der Waals surface area contributed by atoms with E-state index in [1.807, 2.05) is 35.8 Å². The molecule has 2 aromatic heterocycles. The van der Waals surface area contributed by atoms with Crippen molar-refractivity contribution in [3.05, 3.63) is 24.3 Å². The Balaban J connectivity index is 2.39. The van der Waals surface area contributed by atoms with Crippen LogP contribution in [0.15, 0.2) is 24.3 Å². The minimum absolute atomic E-state index is 0.353. The highest BCUT2D eigenvalue weighted by atomic mass is 16.5. The summed E-state index contributed by atoms with van der Waals surface area (Å²) in [5.41, 5.74) is 7.40. The van der Waals surface area contributed by atoms with E-state index in [0.29, 0.717) is 30.5 Å². The molecule has 3 aromatic rings. The smallest absolute Gasteiger partial charge is 0.297 e. The molecule has 0 aliphatic rings. The van der Waals surface area contributed by atoms with E-state index in [-0.39, 0.29) is 0 Å². The molecule has 2 heterocycles. The topological polar surface area (TPSA) is 86.2 Å². The average Bonchev–Trinajstić information content (AvgIpc) is 2.77. The van der Waals surface area contributed by atoms with Crippen LogP contribution in [0.25, 0.3) is 21.9 Å². The van der Waals surface area contributed by atoms with Crippen LogP contribution in [0.1, 0.15) is 20.8 Å². The second kappa shape index (κ2) is 5.14. The number of rotatable bonds is 4. The van der Waals surface area contributed by atoms with Crippen molar-refractivity contribution in [1.82, 2.24) is 14.5 Å². The lowest BCUT2D eigenvalue weighted by atomic mass is 10.1. The Morgan fingerprint density at radius 3 is 2.68 bits per heavy atom. The molecule has 3 N–H and O–H groups in total. The largest absolute Gasteiger partial charge is 0.465 e. The van der Waals surface area contributed by atoms with Crippen LogP contribution in [0.5, 0.6) is 6.01 Å². The van der Waals surface area contributed by atoms with Crippen molar-refractivity contribution in [3.8, 4) is 6.01 Å². The normalized spacial score (nSPS) is 12.2. The zero-order chi connectivity index (χ0) is 15.9. The van der Waals surface area contributed by atoms with E-state index >= 15 is 0 Å². The number of ether oxygens (including phenoxy) is 1. The lowest BCUT2D eigenvalue weighted by Gasteiger charge is -2.20. The second-order valence-electron chi connectivity index (χ2n) is 5.94. The van der Waals surface area contributed by atoms with Crippen LogP contribution in [0.4, 0.5) is 5.82 Å². The standard InChI is InChI=1S/C16H20N4O2/c1-4-22-15-19-12-13(20(15)9-16(2,3)21)10-7-5-6-8-11(10)18-14(12)17/h5-8,21H,4,9H2,1-3H3,(H2,17,18). The van der Waals surface area contributed by atoms with E-state index in [0.717, 1.165) is 16.4 Å². The highest BCUT2D eigenvalue weighted by Crippen LogP contribution is 2.32. The second-order valence-corrected chi connectivity index (χ2v) is 5.94. The maximum absolute atomic E-state index is 10.2. The van der Waals surface area contributed by atoms with Gasteiger partial charge in [-0.2, -0.15) is 4.98 Å². The molecule has 6 nitrogen and oxygen atoms in total. The third kappa shape index (κ3) is 2.46. The summed E-state index contributed by atoms with van der Waals surface area (Å²) in [7, 11) is 0. The van der Waals surface area contributed by atoms with E-state index in [2.05, 4.69) is 9.97 Å². The van der Waals surface area contributed by atoms with Gasteiger partial charge in [-0.05, 0) is 26.8 Å². The Kier molecular flexibility index (Phi) is 3.41. The van der Waals surface area contributed by atoms with Gasteiger partial charge in [0.05, 0.1) is 29.8 Å². The lowest BCUT2D eigenvalue weighted by molar-refractivity contribution is 0.0595. The monoisotopic (exact) mass is 300 g/mol. The van der Waals surface area contributed by atoms with Crippen molar-refractivity contribution in [3.63, 3.8) is 0 Å². The summed E-state index contributed by atoms with van der Waals surface area (Å²) in [5.74, 6) is 0.365. The molecule has 0 aliphatic heterocycles. The average molecular weight is 300 g/mol. The Morgan fingerprint density at radius 1 is 1.27 bits per heavy atom. The fourth-order valence-electron chi connectivity index (χ4n) is 2.61. The van der Waals surface area contributed by atoms with Crippen molar-refractivity contribution >= 4 is 27.8 Å². The predicted molar refractivity (Wildman–Crippen MR) is 86.9 cm³/mol. The number of pyridine rings is 1. The van der Waals surface area contributed by atoms with Gasteiger partial charge in [0, 0.05) is 5.39 Å². The highest BCUT2D eigenvalue weighted by molar-refractivity contribution is 6.06. The molecule has 1 aromatic carbocycles. The third-order valence-electron chi connectivity index (χ3n) is 3.39. The molecule has 0 amide bonds. The quantitative estimate of drug-likeness (QED) is 0.772. The van der Waals surface area contributed by atoms with Gasteiger partial charge in [0.25, 0.3) is 6.01 Å². The van der Waals surface area contributed by atoms with Gasteiger partial charge in [0.15, 0.2) is 5.82 Å². The molecule has 0 unspecified atom stereocenters. The zero-order valence-corrected chi connectivity index (χ0v) is 13.0. The molecule has 0 atom stereocenters. The lowest BCUT2D eigenvalue weighted by Crippen LogP contribution is -2.26. The van der Waals surface area contributed by atoms with Gasteiger partial charge in [0.1, 0.15) is 5.52 Å². The molecule has 0 spiro atoms. The summed E-state index contributed by atoms with van der Waals surface area (Å²) < 4.78 is 7.50. The Morgan fingerprint density at radius 2 is 2.00 bits per heavy atom. The van der Waals surface area contributed by atoms with Gasteiger partial charge in [-0.15, -0.1) is 0 Å². The van der Waals surface area contributed by atoms with Crippen molar-refractivity contribution in [2.75, 3.05) is 12.3 Å². The van der Waals surface area contributed by atoms with Crippen LogP contribution < -0.4 is 10.5 Å². The van der Waals surface area contributed by atoms with Gasteiger partial charge < -0.3 is 15.6 Å². The molecule has 22 heavy (non-hydrogen) atoms. The SMILES string of the molecule is CCOc1nc2c(N)nc3ccccc3c2n1CC(C)(C)O. The van der Waals surface area contributed by atoms with Crippen LogP contribution >= 0.6 is 0 Å². The molecule has 0 bridgehead atoms. The van der Waals surface area contributed by atoms with Crippen LogP contribution in [0.2, 0.25) is 0 Å². The van der Waals surface area contributed by atoms with Gasteiger partial charge in [-0.25, -0.2) is 4.98 Å². The maximum Gasteiger partial charge on any atom is 0.297 e. The van der Waals surface area contributed by atoms with Crippen molar-refractivity contribution < 1.29 is 9.84 Å². The summed E-state index contributed by atoms with van der Waals surface area (Å²) in [4.78, 5) is 8.88. The fourth-order valence-corrected chi connectivity index (χ4v) is 2.61. The van der Waals surface area contributed by atoms with Crippen molar-refractivity contribution in [1.29, 1.82) is 0 Å². The number of imidazole rings is 1. The number of fused-ring (bicyclic) bond motifs is 3. The van der Waals surface area contributed by atoms with Gasteiger partial charge in [-0.3, -0.25) is 4.57 Å². The molecule has 6 heteroatoms. The zero-order valence-electron chi connectivity index (χ0n) is 13.0. The first-order valence-electron chi connectivity index (χ1n) is 7.30. The Hall–Kier alpha value is -2.34. The van der Waals surface area contributed by atoms with Crippen LogP contribution in [-0.4, -0.2) is 31.8 Å². The molecule has 0 fully saturated rings. The number of nitrogen functional groups attached to an aromatic ring is 1. The van der Waals surface area contributed by atoms with Gasteiger partial charge >= 0.3 is 0 Å². The molecular formula is C16H20N4O2. The molecule has 0 saturated carbocycles. The number of anilines is 1. The number of nitrogens with two attached hydrogens (primary N) is 1. The summed E-state index contributed by atoms with van der Waals surface area (Å²) in [6.45, 7) is 6.24. The summed E-state index contributed by atoms with van der Waals surface area (Å²) >= 11 is 0. The van der Waals surface area contributed by atoms with Gasteiger partial charge in [0.2, 0.25) is 0 Å². The van der Waals surface area contributed by atoms with Crippen molar-refractivity contribution in [2.45, 2.75) is 32.9 Å². The number of aliphatic hydroxyl groups is 1. The third-order valence-corrected chi connectivity index (χ3v) is 3.39. The summed E-state index contributed by atoms with van der Waals surface area (Å²) in [6, 6.07) is 8.20. The van der Waals surface area contributed by atoms with Crippen molar-refractivity contribution in [2.24, 2.45) is 0 Å². The number of hydrogen-bond donors (Lipinski definition) is 2. The summed E-state index contributed by atoms with van der Waals surface area (Å²) in [5, 5.41) is 11.2. The number of benzene rings is 1. The predicted octanol–water partition coefficient (Wildman–Crippen LogP) is 2.34.